The van der Waals surface area contributed by atoms with Gasteiger partial charge >= 0.3 is 0 Å². The van der Waals surface area contributed by atoms with Gasteiger partial charge in [-0.15, -0.1) is 0 Å². The van der Waals surface area contributed by atoms with Crippen molar-refractivity contribution in [2.75, 3.05) is 13.2 Å². The van der Waals surface area contributed by atoms with E-state index in [0.29, 0.717) is 12.8 Å². The minimum absolute atomic E-state index is 0.143. The summed E-state index contributed by atoms with van der Waals surface area (Å²) in [6.07, 6.45) is 46.3. The Bertz CT molecular complexity index is 1100. The summed E-state index contributed by atoms with van der Waals surface area (Å²) in [7, 11) is 0. The Morgan fingerprint density at radius 3 is 1.53 bits per heavy atom. The van der Waals surface area contributed by atoms with Crippen LogP contribution in [0.2, 0.25) is 0 Å². The number of amides is 1. The van der Waals surface area contributed by atoms with E-state index in [1.165, 1.54) is 96.3 Å². The molecule has 0 radical (unpaired) electrons. The molecular weight excluding hydrogens is 743 g/mol. The first-order valence-electron chi connectivity index (χ1n) is 24.0. The first-order chi connectivity index (χ1) is 28.8. The van der Waals surface area contributed by atoms with Crippen molar-refractivity contribution < 1.29 is 39.8 Å². The molecule has 0 aliphatic carbocycles. The monoisotopic (exact) mass is 832 g/mol. The minimum atomic E-state index is -1.55. The Morgan fingerprint density at radius 1 is 0.593 bits per heavy atom. The molecule has 7 atom stereocenters. The molecular formula is C50H89NO8. The molecule has 1 amide bonds. The Kier molecular flexibility index (Phi) is 37.2. The van der Waals surface area contributed by atoms with E-state index in [1.807, 2.05) is 0 Å². The van der Waals surface area contributed by atoms with Crippen molar-refractivity contribution in [3.05, 3.63) is 60.8 Å². The van der Waals surface area contributed by atoms with Gasteiger partial charge in [-0.2, -0.15) is 0 Å². The van der Waals surface area contributed by atoms with Gasteiger partial charge in [-0.25, -0.2) is 0 Å². The average Bonchev–Trinajstić information content (AvgIpc) is 3.23. The van der Waals surface area contributed by atoms with E-state index in [4.69, 9.17) is 9.47 Å². The van der Waals surface area contributed by atoms with Gasteiger partial charge < -0.3 is 40.3 Å². The van der Waals surface area contributed by atoms with Gasteiger partial charge in [0.1, 0.15) is 24.4 Å². The zero-order valence-electron chi connectivity index (χ0n) is 37.5. The zero-order valence-corrected chi connectivity index (χ0v) is 37.5. The van der Waals surface area contributed by atoms with Gasteiger partial charge in [-0.3, -0.25) is 4.79 Å². The van der Waals surface area contributed by atoms with Crippen molar-refractivity contribution in [1.29, 1.82) is 0 Å². The van der Waals surface area contributed by atoms with Gasteiger partial charge in [0.15, 0.2) is 6.29 Å². The molecule has 0 aromatic rings. The third kappa shape index (κ3) is 30.6. The van der Waals surface area contributed by atoms with Crippen molar-refractivity contribution in [3.8, 4) is 0 Å². The van der Waals surface area contributed by atoms with Crippen molar-refractivity contribution in [3.63, 3.8) is 0 Å². The summed E-state index contributed by atoms with van der Waals surface area (Å²) >= 11 is 0. The van der Waals surface area contributed by atoms with Crippen molar-refractivity contribution in [2.45, 2.75) is 236 Å². The molecule has 1 saturated heterocycles. The van der Waals surface area contributed by atoms with E-state index in [1.54, 1.807) is 0 Å². The lowest BCUT2D eigenvalue weighted by atomic mass is 9.99. The maximum absolute atomic E-state index is 12.8. The number of allylic oxidation sites excluding steroid dienone is 10. The highest BCUT2D eigenvalue weighted by Crippen LogP contribution is 2.23. The van der Waals surface area contributed by atoms with E-state index in [0.717, 1.165) is 70.6 Å². The molecule has 1 rings (SSSR count). The fourth-order valence-electron chi connectivity index (χ4n) is 7.30. The number of nitrogens with one attached hydrogen (secondary N) is 1. The highest BCUT2D eigenvalue weighted by molar-refractivity contribution is 5.76. The van der Waals surface area contributed by atoms with Gasteiger partial charge in [0.25, 0.3) is 0 Å². The number of hydrogen-bond donors (Lipinski definition) is 6. The van der Waals surface area contributed by atoms with E-state index in [9.17, 15) is 30.3 Å². The predicted molar refractivity (Wildman–Crippen MR) is 244 cm³/mol. The molecule has 6 N–H and O–H groups in total. The van der Waals surface area contributed by atoms with Crippen LogP contribution in [0.5, 0.6) is 0 Å². The summed E-state index contributed by atoms with van der Waals surface area (Å²) in [6, 6.07) is -0.715. The van der Waals surface area contributed by atoms with Gasteiger partial charge in [-0.05, 0) is 57.8 Å². The molecule has 9 heteroatoms. The van der Waals surface area contributed by atoms with Crippen molar-refractivity contribution in [2.24, 2.45) is 0 Å². The molecule has 9 nitrogen and oxygen atoms in total. The number of hydrogen-bond acceptors (Lipinski definition) is 8. The maximum Gasteiger partial charge on any atom is 0.220 e. The Hall–Kier alpha value is -2.11. The molecule has 342 valence electrons. The minimum Gasteiger partial charge on any atom is -0.394 e. The van der Waals surface area contributed by atoms with Crippen LogP contribution in [0.4, 0.5) is 0 Å². The van der Waals surface area contributed by atoms with Crippen LogP contribution in [0.1, 0.15) is 194 Å². The molecule has 1 aliphatic rings. The van der Waals surface area contributed by atoms with E-state index in [-0.39, 0.29) is 12.5 Å². The van der Waals surface area contributed by atoms with E-state index >= 15 is 0 Å². The lowest BCUT2D eigenvalue weighted by molar-refractivity contribution is -0.302. The van der Waals surface area contributed by atoms with E-state index < -0.39 is 49.5 Å². The van der Waals surface area contributed by atoms with Crippen LogP contribution in [-0.4, -0.2) is 87.5 Å². The second-order valence-electron chi connectivity index (χ2n) is 16.5. The topological polar surface area (TPSA) is 149 Å². The maximum atomic E-state index is 12.8. The van der Waals surface area contributed by atoms with Gasteiger partial charge in [-0.1, -0.05) is 190 Å². The van der Waals surface area contributed by atoms with Crippen LogP contribution in [0.15, 0.2) is 60.8 Å². The molecule has 7 unspecified atom stereocenters. The van der Waals surface area contributed by atoms with Crippen LogP contribution < -0.4 is 5.32 Å². The number of rotatable bonds is 39. The molecule has 0 spiro atoms. The van der Waals surface area contributed by atoms with Crippen LogP contribution in [0.25, 0.3) is 0 Å². The molecule has 1 fully saturated rings. The summed E-state index contributed by atoms with van der Waals surface area (Å²) in [5.74, 6) is -0.157. The number of carbonyl (C=O) groups excluding carboxylic acids is 1. The normalized spacial score (nSPS) is 21.2. The van der Waals surface area contributed by atoms with Crippen molar-refractivity contribution >= 4 is 5.91 Å². The quantitative estimate of drug-likeness (QED) is 0.0265. The third-order valence-corrected chi connectivity index (χ3v) is 11.1. The Balaban J connectivity index is 1.98. The number of aliphatic hydroxyl groups is 5. The highest BCUT2D eigenvalue weighted by atomic mass is 16.7. The van der Waals surface area contributed by atoms with Gasteiger partial charge in [0.2, 0.25) is 5.91 Å². The largest absolute Gasteiger partial charge is 0.394 e. The average molecular weight is 832 g/mol. The fraction of sp³-hybridized carbons (Fsp3) is 0.780. The number of ether oxygens (including phenoxy) is 2. The number of aliphatic hydroxyl groups excluding tert-OH is 5. The number of carbonyl (C=O) groups is 1. The molecule has 1 aliphatic heterocycles. The molecule has 59 heavy (non-hydrogen) atoms. The van der Waals surface area contributed by atoms with Crippen molar-refractivity contribution in [1.82, 2.24) is 5.32 Å². The van der Waals surface area contributed by atoms with E-state index in [2.05, 4.69) is 79.9 Å². The second kappa shape index (κ2) is 40.0. The summed E-state index contributed by atoms with van der Waals surface area (Å²) in [4.78, 5) is 12.8. The van der Waals surface area contributed by atoms with Crippen LogP contribution >= 0.6 is 0 Å². The number of unbranched alkanes of at least 4 members (excludes halogenated alkanes) is 19. The first kappa shape index (κ1) is 54.9. The highest BCUT2D eigenvalue weighted by Gasteiger charge is 2.44. The first-order valence-corrected chi connectivity index (χ1v) is 24.0. The SMILES string of the molecule is CC/C=C\C/C=C\C/C=C\C/C=C\C/C=C\CCCCCCCCCCCCCCCCCCCC(=O)NC(COC1OC(CO)C(O)C(O)C1O)C(O)CCCCC. The second-order valence-corrected chi connectivity index (χ2v) is 16.5. The standard InChI is InChI=1S/C50H89NO8/c1-3-5-7-8-9-10-11-12-13-14-15-16-17-18-19-20-21-22-23-24-25-26-27-28-29-30-31-32-33-34-35-36-38-40-46(54)51-43(44(53)39-37-6-4-2)42-58-50-49(57)48(56)47(55)45(41-52)59-50/h5,7,9-10,12-13,15-16,18-19,43-45,47-50,52-53,55-57H,3-4,6,8,11,14,17,20-42H2,1-2H3,(H,51,54)/b7-5-,10-9-,13-12-,16-15-,19-18-. The molecule has 0 aromatic carbocycles. The Labute approximate surface area is 360 Å². The summed E-state index contributed by atoms with van der Waals surface area (Å²) in [6.45, 7) is 3.54. The van der Waals surface area contributed by atoms with Crippen LogP contribution in [-0.2, 0) is 14.3 Å². The third-order valence-electron chi connectivity index (χ3n) is 11.1. The molecule has 0 bridgehead atoms. The Morgan fingerprint density at radius 2 is 1.05 bits per heavy atom. The summed E-state index contributed by atoms with van der Waals surface area (Å²) in [5, 5.41) is 53.6. The fourth-order valence-corrected chi connectivity index (χ4v) is 7.30. The van der Waals surface area contributed by atoms with Crippen LogP contribution in [0, 0.1) is 0 Å². The molecule has 0 saturated carbocycles. The molecule has 0 aromatic heterocycles. The lowest BCUT2D eigenvalue weighted by Crippen LogP contribution is -2.60. The lowest BCUT2D eigenvalue weighted by Gasteiger charge is -2.40. The van der Waals surface area contributed by atoms with Gasteiger partial charge in [0, 0.05) is 6.42 Å². The summed E-state index contributed by atoms with van der Waals surface area (Å²) < 4.78 is 11.1. The van der Waals surface area contributed by atoms with Gasteiger partial charge in [0.05, 0.1) is 25.4 Å². The predicted octanol–water partition coefficient (Wildman–Crippen LogP) is 10.4. The smallest absolute Gasteiger partial charge is 0.220 e. The van der Waals surface area contributed by atoms with Crippen LogP contribution in [0.3, 0.4) is 0 Å². The summed E-state index contributed by atoms with van der Waals surface area (Å²) in [5.41, 5.74) is 0. The molecule has 1 heterocycles. The zero-order chi connectivity index (χ0) is 43.0.